The lowest BCUT2D eigenvalue weighted by Gasteiger charge is -2.07. The molecule has 2 aromatic rings. The second kappa shape index (κ2) is 7.14. The SMILES string of the molecule is COC(=O)c1c(NC(=O)COC(=O)c2cccs2)sc2c1CCC2. The van der Waals surface area contributed by atoms with Crippen molar-refractivity contribution in [3.8, 4) is 0 Å². The molecule has 2 heterocycles. The first-order valence-electron chi connectivity index (χ1n) is 7.33. The molecule has 1 aliphatic carbocycles. The van der Waals surface area contributed by atoms with Crippen molar-refractivity contribution >= 4 is 45.5 Å². The minimum Gasteiger partial charge on any atom is -0.465 e. The van der Waals surface area contributed by atoms with E-state index in [0.717, 1.165) is 29.7 Å². The van der Waals surface area contributed by atoms with E-state index in [2.05, 4.69) is 5.32 Å². The minimum atomic E-state index is -0.540. The van der Waals surface area contributed by atoms with Crippen molar-refractivity contribution in [1.82, 2.24) is 0 Å². The van der Waals surface area contributed by atoms with Crippen LogP contribution in [0.25, 0.3) is 0 Å². The van der Waals surface area contributed by atoms with Crippen LogP contribution in [0.4, 0.5) is 5.00 Å². The van der Waals surface area contributed by atoms with E-state index in [1.165, 1.54) is 29.8 Å². The van der Waals surface area contributed by atoms with E-state index >= 15 is 0 Å². The van der Waals surface area contributed by atoms with Crippen LogP contribution in [0.3, 0.4) is 0 Å². The summed E-state index contributed by atoms with van der Waals surface area (Å²) in [4.78, 5) is 37.3. The average molecular weight is 365 g/mol. The summed E-state index contributed by atoms with van der Waals surface area (Å²) in [7, 11) is 1.32. The quantitative estimate of drug-likeness (QED) is 0.824. The standard InChI is InChI=1S/C16H15NO5S2/c1-21-16(20)13-9-4-2-5-10(9)24-14(13)17-12(18)8-22-15(19)11-6-3-7-23-11/h3,6-7H,2,4-5,8H2,1H3,(H,17,18). The van der Waals surface area contributed by atoms with Gasteiger partial charge in [-0.15, -0.1) is 22.7 Å². The van der Waals surface area contributed by atoms with Gasteiger partial charge in [0, 0.05) is 4.88 Å². The van der Waals surface area contributed by atoms with Crippen LogP contribution < -0.4 is 5.32 Å². The average Bonchev–Trinajstić information content (AvgIpc) is 3.28. The van der Waals surface area contributed by atoms with Crippen LogP contribution in [0.5, 0.6) is 0 Å². The molecule has 0 radical (unpaired) electrons. The number of carbonyl (C=O) groups is 3. The first kappa shape index (κ1) is 16.7. The summed E-state index contributed by atoms with van der Waals surface area (Å²) in [6.07, 6.45) is 2.70. The van der Waals surface area contributed by atoms with Crippen LogP contribution in [0.15, 0.2) is 17.5 Å². The normalized spacial score (nSPS) is 12.5. The van der Waals surface area contributed by atoms with E-state index in [4.69, 9.17) is 9.47 Å². The van der Waals surface area contributed by atoms with Crippen LogP contribution in [-0.4, -0.2) is 31.6 Å². The number of thiophene rings is 2. The van der Waals surface area contributed by atoms with Gasteiger partial charge in [-0.3, -0.25) is 4.79 Å². The summed E-state index contributed by atoms with van der Waals surface area (Å²) in [6, 6.07) is 3.36. The van der Waals surface area contributed by atoms with Crippen LogP contribution in [-0.2, 0) is 27.1 Å². The van der Waals surface area contributed by atoms with Gasteiger partial charge in [-0.2, -0.15) is 0 Å². The Kier molecular flexibility index (Phi) is 4.96. The van der Waals surface area contributed by atoms with Crippen molar-refractivity contribution in [2.24, 2.45) is 0 Å². The zero-order chi connectivity index (χ0) is 17.1. The molecule has 1 aliphatic rings. The number of aryl methyl sites for hydroxylation is 1. The summed E-state index contributed by atoms with van der Waals surface area (Å²) < 4.78 is 9.79. The summed E-state index contributed by atoms with van der Waals surface area (Å²) in [5.74, 6) is -1.48. The molecule has 3 rings (SSSR count). The maximum absolute atomic E-state index is 12.0. The number of rotatable bonds is 5. The lowest BCUT2D eigenvalue weighted by atomic mass is 10.1. The Morgan fingerprint density at radius 3 is 2.79 bits per heavy atom. The van der Waals surface area contributed by atoms with Gasteiger partial charge in [0.2, 0.25) is 0 Å². The van der Waals surface area contributed by atoms with Gasteiger partial charge in [0.15, 0.2) is 6.61 Å². The highest BCUT2D eigenvalue weighted by molar-refractivity contribution is 7.17. The largest absolute Gasteiger partial charge is 0.465 e. The lowest BCUT2D eigenvalue weighted by Crippen LogP contribution is -2.21. The lowest BCUT2D eigenvalue weighted by molar-refractivity contribution is -0.119. The fourth-order valence-electron chi connectivity index (χ4n) is 2.57. The molecule has 8 heteroatoms. The van der Waals surface area contributed by atoms with Gasteiger partial charge in [-0.1, -0.05) is 6.07 Å². The molecule has 0 saturated heterocycles. The molecule has 2 aromatic heterocycles. The Morgan fingerprint density at radius 2 is 2.08 bits per heavy atom. The molecular formula is C16H15NO5S2. The molecule has 1 N–H and O–H groups in total. The first-order valence-corrected chi connectivity index (χ1v) is 9.03. The van der Waals surface area contributed by atoms with Crippen LogP contribution in [0.1, 0.15) is 36.9 Å². The van der Waals surface area contributed by atoms with E-state index in [-0.39, 0.29) is 0 Å². The highest BCUT2D eigenvalue weighted by Crippen LogP contribution is 2.39. The van der Waals surface area contributed by atoms with Crippen LogP contribution in [0.2, 0.25) is 0 Å². The maximum atomic E-state index is 12.0. The Hall–Kier alpha value is -2.19. The van der Waals surface area contributed by atoms with E-state index < -0.39 is 24.5 Å². The molecule has 0 aromatic carbocycles. The summed E-state index contributed by atoms with van der Waals surface area (Å²) >= 11 is 2.63. The molecule has 24 heavy (non-hydrogen) atoms. The Labute approximate surface area is 146 Å². The first-order chi connectivity index (χ1) is 11.6. The number of hydrogen-bond acceptors (Lipinski definition) is 7. The number of methoxy groups -OCH3 is 1. The molecule has 0 fully saturated rings. The number of fused-ring (bicyclic) bond motifs is 1. The zero-order valence-electron chi connectivity index (χ0n) is 12.9. The predicted molar refractivity (Wildman–Crippen MR) is 90.9 cm³/mol. The number of amides is 1. The highest BCUT2D eigenvalue weighted by Gasteiger charge is 2.28. The third-order valence-electron chi connectivity index (χ3n) is 3.62. The van der Waals surface area contributed by atoms with Gasteiger partial charge >= 0.3 is 11.9 Å². The van der Waals surface area contributed by atoms with Gasteiger partial charge < -0.3 is 14.8 Å². The predicted octanol–water partition coefficient (Wildman–Crippen LogP) is 2.88. The summed E-state index contributed by atoms with van der Waals surface area (Å²) in [6.45, 7) is -0.403. The Morgan fingerprint density at radius 1 is 1.25 bits per heavy atom. The fourth-order valence-corrected chi connectivity index (χ4v) is 4.48. The molecule has 0 bridgehead atoms. The van der Waals surface area contributed by atoms with Crippen molar-refractivity contribution in [3.63, 3.8) is 0 Å². The minimum absolute atomic E-state index is 0.403. The fraction of sp³-hybridized carbons (Fsp3) is 0.312. The molecule has 0 aliphatic heterocycles. The van der Waals surface area contributed by atoms with Gasteiger partial charge in [0.25, 0.3) is 5.91 Å². The number of esters is 2. The van der Waals surface area contributed by atoms with Crippen molar-refractivity contribution in [2.45, 2.75) is 19.3 Å². The summed E-state index contributed by atoms with van der Waals surface area (Å²) in [5.41, 5.74) is 1.38. The van der Waals surface area contributed by atoms with Gasteiger partial charge in [0.05, 0.1) is 12.7 Å². The Bertz CT molecular complexity index is 779. The van der Waals surface area contributed by atoms with Crippen molar-refractivity contribution < 1.29 is 23.9 Å². The topological polar surface area (TPSA) is 81.7 Å². The third kappa shape index (κ3) is 3.34. The van der Waals surface area contributed by atoms with E-state index in [0.29, 0.717) is 15.4 Å². The number of hydrogen-bond donors (Lipinski definition) is 1. The Balaban J connectivity index is 1.66. The molecule has 126 valence electrons. The number of anilines is 1. The third-order valence-corrected chi connectivity index (χ3v) is 5.68. The van der Waals surface area contributed by atoms with E-state index in [1.54, 1.807) is 17.5 Å². The molecule has 1 amide bonds. The van der Waals surface area contributed by atoms with Gasteiger partial charge in [0.1, 0.15) is 9.88 Å². The number of ether oxygens (including phenoxy) is 2. The number of carbonyl (C=O) groups excluding carboxylic acids is 3. The molecule has 0 spiro atoms. The van der Waals surface area contributed by atoms with E-state index in [1.807, 2.05) is 0 Å². The highest BCUT2D eigenvalue weighted by atomic mass is 32.1. The smallest absolute Gasteiger partial charge is 0.348 e. The molecule has 0 unspecified atom stereocenters. The monoisotopic (exact) mass is 365 g/mol. The van der Waals surface area contributed by atoms with Gasteiger partial charge in [-0.25, -0.2) is 9.59 Å². The summed E-state index contributed by atoms with van der Waals surface area (Å²) in [5, 5.41) is 4.88. The van der Waals surface area contributed by atoms with Crippen molar-refractivity contribution in [3.05, 3.63) is 38.4 Å². The molecular weight excluding hydrogens is 350 g/mol. The van der Waals surface area contributed by atoms with Crippen LogP contribution in [0, 0.1) is 0 Å². The second-order valence-corrected chi connectivity index (χ2v) is 7.21. The molecule has 0 atom stereocenters. The molecule has 0 saturated carbocycles. The van der Waals surface area contributed by atoms with Gasteiger partial charge in [-0.05, 0) is 36.3 Å². The second-order valence-electron chi connectivity index (χ2n) is 5.15. The molecule has 6 nitrogen and oxygen atoms in total. The zero-order valence-corrected chi connectivity index (χ0v) is 14.6. The van der Waals surface area contributed by atoms with Crippen molar-refractivity contribution in [1.29, 1.82) is 0 Å². The van der Waals surface area contributed by atoms with Crippen LogP contribution >= 0.6 is 22.7 Å². The van der Waals surface area contributed by atoms with Crippen molar-refractivity contribution in [2.75, 3.05) is 19.0 Å². The van der Waals surface area contributed by atoms with E-state index in [9.17, 15) is 14.4 Å². The maximum Gasteiger partial charge on any atom is 0.348 e. The number of nitrogens with one attached hydrogen (secondary N) is 1.